The molecule has 1 aromatic heterocycles. The number of hydrogen-bond acceptors (Lipinski definition) is 5. The predicted molar refractivity (Wildman–Crippen MR) is 96.4 cm³/mol. The number of thiophene rings is 1. The average molecular weight is 379 g/mol. The number of rotatable bonds is 5. The third-order valence-electron chi connectivity index (χ3n) is 3.99. The van der Waals surface area contributed by atoms with E-state index in [0.29, 0.717) is 17.7 Å². The molecule has 1 aliphatic rings. The third-order valence-corrected chi connectivity index (χ3v) is 7.31. The minimum atomic E-state index is -3.83. The van der Waals surface area contributed by atoms with Crippen molar-refractivity contribution in [1.82, 2.24) is 4.72 Å². The van der Waals surface area contributed by atoms with Gasteiger partial charge in [0.2, 0.25) is 0 Å². The van der Waals surface area contributed by atoms with E-state index in [1.165, 1.54) is 6.08 Å². The summed E-state index contributed by atoms with van der Waals surface area (Å²) >= 11 is 1.13. The van der Waals surface area contributed by atoms with Gasteiger partial charge in [-0.1, -0.05) is 18.2 Å². The molecular weight excluding hydrogens is 362 g/mol. The zero-order chi connectivity index (χ0) is 18.2. The molecule has 0 saturated carbocycles. The molecule has 2 aromatic rings. The Kier molecular flexibility index (Phi) is 4.57. The van der Waals surface area contributed by atoms with Gasteiger partial charge in [-0.3, -0.25) is 9.52 Å². The van der Waals surface area contributed by atoms with E-state index in [1.807, 2.05) is 12.1 Å². The lowest BCUT2D eigenvalue weighted by Gasteiger charge is -2.14. The van der Waals surface area contributed by atoms with Gasteiger partial charge < -0.3 is 9.84 Å². The van der Waals surface area contributed by atoms with Gasteiger partial charge in [0, 0.05) is 11.1 Å². The van der Waals surface area contributed by atoms with Crippen LogP contribution < -0.4 is 9.46 Å². The van der Waals surface area contributed by atoms with Crippen LogP contribution in [0, 0.1) is 12.8 Å². The van der Waals surface area contributed by atoms with Crippen LogP contribution >= 0.6 is 11.3 Å². The Morgan fingerprint density at radius 1 is 1.40 bits per heavy atom. The normalized spacial score (nSPS) is 17.4. The molecule has 132 valence electrons. The smallest absolute Gasteiger partial charge is 0.310 e. The first-order chi connectivity index (χ1) is 11.8. The molecule has 0 aliphatic heterocycles. The molecule has 1 heterocycles. The summed E-state index contributed by atoms with van der Waals surface area (Å²) in [5.41, 5.74) is 0.907. The predicted octanol–water partition coefficient (Wildman–Crippen LogP) is 3.04. The zero-order valence-corrected chi connectivity index (χ0v) is 15.3. The van der Waals surface area contributed by atoms with Gasteiger partial charge in [-0.05, 0) is 37.1 Å². The number of aryl methyl sites for hydroxylation is 1. The van der Waals surface area contributed by atoms with Gasteiger partial charge >= 0.3 is 5.97 Å². The van der Waals surface area contributed by atoms with Crippen LogP contribution in [0.4, 0.5) is 0 Å². The summed E-state index contributed by atoms with van der Waals surface area (Å²) in [6, 6.07) is 5.45. The molecule has 25 heavy (non-hydrogen) atoms. The Labute approximate surface area is 149 Å². The fourth-order valence-electron chi connectivity index (χ4n) is 2.74. The van der Waals surface area contributed by atoms with E-state index in [4.69, 9.17) is 9.84 Å². The molecule has 1 unspecified atom stereocenters. The highest BCUT2D eigenvalue weighted by Gasteiger charge is 2.25. The summed E-state index contributed by atoms with van der Waals surface area (Å²) in [7, 11) is -2.28. The summed E-state index contributed by atoms with van der Waals surface area (Å²) in [6.45, 7) is 1.75. The summed E-state index contributed by atoms with van der Waals surface area (Å²) in [4.78, 5) is 11.1. The summed E-state index contributed by atoms with van der Waals surface area (Å²) < 4.78 is 34.4. The van der Waals surface area contributed by atoms with Gasteiger partial charge in [-0.25, -0.2) is 8.42 Å². The van der Waals surface area contributed by atoms with Crippen molar-refractivity contribution >= 4 is 37.4 Å². The summed E-state index contributed by atoms with van der Waals surface area (Å²) in [6.07, 6.45) is 5.00. The Morgan fingerprint density at radius 3 is 2.84 bits per heavy atom. The molecule has 0 saturated heterocycles. The number of aliphatic carboxylic acids is 1. The minimum absolute atomic E-state index is 0.193. The highest BCUT2D eigenvalue weighted by Crippen LogP contribution is 2.39. The Balaban J connectivity index is 2.01. The standard InChI is InChI=1S/C17H17NO5S2/c1-10-13-7-4-8-14(23-2)15(13)24-17(10)25(21,22)18-12-6-3-5-11(9-12)16(19)20/h3-4,6-9,11,18H,5H2,1-2H3,(H,19,20). The lowest BCUT2D eigenvalue weighted by Crippen LogP contribution is -2.25. The fraction of sp³-hybridized carbons (Fsp3) is 0.235. The van der Waals surface area contributed by atoms with Crippen LogP contribution in [0.1, 0.15) is 12.0 Å². The lowest BCUT2D eigenvalue weighted by atomic mass is 10.00. The van der Waals surface area contributed by atoms with Gasteiger partial charge in [-0.15, -0.1) is 11.3 Å². The van der Waals surface area contributed by atoms with Crippen molar-refractivity contribution in [1.29, 1.82) is 0 Å². The third kappa shape index (κ3) is 3.27. The van der Waals surface area contributed by atoms with E-state index in [1.54, 1.807) is 32.3 Å². The van der Waals surface area contributed by atoms with Crippen LogP contribution in [0.3, 0.4) is 0 Å². The van der Waals surface area contributed by atoms with E-state index < -0.39 is 21.9 Å². The molecular formula is C17H17NO5S2. The molecule has 1 aromatic carbocycles. The van der Waals surface area contributed by atoms with Crippen LogP contribution in [0.25, 0.3) is 10.1 Å². The highest BCUT2D eigenvalue weighted by molar-refractivity contribution is 7.92. The monoisotopic (exact) mass is 379 g/mol. The summed E-state index contributed by atoms with van der Waals surface area (Å²) in [5, 5.41) is 9.92. The largest absolute Gasteiger partial charge is 0.495 e. The number of nitrogens with one attached hydrogen (secondary N) is 1. The number of benzene rings is 1. The minimum Gasteiger partial charge on any atom is -0.495 e. The van der Waals surface area contributed by atoms with Gasteiger partial charge in [0.1, 0.15) is 9.96 Å². The molecule has 2 N–H and O–H groups in total. The Morgan fingerprint density at radius 2 is 2.16 bits per heavy atom. The molecule has 8 heteroatoms. The highest BCUT2D eigenvalue weighted by atomic mass is 32.2. The molecule has 1 atom stereocenters. The lowest BCUT2D eigenvalue weighted by molar-refractivity contribution is -0.140. The van der Waals surface area contributed by atoms with Crippen LogP contribution in [0.2, 0.25) is 0 Å². The van der Waals surface area contributed by atoms with E-state index in [2.05, 4.69) is 4.72 Å². The van der Waals surface area contributed by atoms with Gasteiger partial charge in [-0.2, -0.15) is 0 Å². The molecule has 0 fully saturated rings. The zero-order valence-electron chi connectivity index (χ0n) is 13.6. The fourth-order valence-corrected chi connectivity index (χ4v) is 5.63. The number of carboxylic acid groups (broad SMARTS) is 1. The topological polar surface area (TPSA) is 92.7 Å². The van der Waals surface area contributed by atoms with Crippen molar-refractivity contribution in [3.05, 3.63) is 47.7 Å². The van der Waals surface area contributed by atoms with Gasteiger partial charge in [0.25, 0.3) is 10.0 Å². The number of methoxy groups -OCH3 is 1. The first-order valence-corrected chi connectivity index (χ1v) is 9.83. The van der Waals surface area contributed by atoms with Gasteiger partial charge in [0.15, 0.2) is 0 Å². The molecule has 1 aliphatic carbocycles. The number of fused-ring (bicyclic) bond motifs is 1. The summed E-state index contributed by atoms with van der Waals surface area (Å²) in [5.74, 6) is -1.09. The average Bonchev–Trinajstić information content (AvgIpc) is 2.93. The molecule has 0 radical (unpaired) electrons. The number of hydrogen-bond donors (Lipinski definition) is 2. The van der Waals surface area contributed by atoms with Crippen LogP contribution in [0.5, 0.6) is 5.75 Å². The van der Waals surface area contributed by atoms with Crippen molar-refractivity contribution in [2.24, 2.45) is 5.92 Å². The van der Waals surface area contributed by atoms with Crippen LogP contribution in [-0.2, 0) is 14.8 Å². The second kappa shape index (κ2) is 6.53. The first kappa shape index (κ1) is 17.5. The van der Waals surface area contributed by atoms with Crippen molar-refractivity contribution in [3.8, 4) is 5.75 Å². The molecule has 0 amide bonds. The molecule has 3 rings (SSSR count). The number of ether oxygens (including phenoxy) is 1. The van der Waals surface area contributed by atoms with Crippen molar-refractivity contribution in [3.63, 3.8) is 0 Å². The Bertz CT molecular complexity index is 1000. The number of allylic oxidation sites excluding steroid dienone is 2. The SMILES string of the molecule is COc1cccc2c(C)c(S(=O)(=O)NC3=CC(C(=O)O)CC=C3)sc12. The van der Waals surface area contributed by atoms with Crippen LogP contribution in [0.15, 0.2) is 46.3 Å². The van der Waals surface area contributed by atoms with Crippen molar-refractivity contribution < 1.29 is 23.1 Å². The van der Waals surface area contributed by atoms with E-state index >= 15 is 0 Å². The van der Waals surface area contributed by atoms with Gasteiger partial charge in [0.05, 0.1) is 17.7 Å². The quantitative estimate of drug-likeness (QED) is 0.833. The molecule has 6 nitrogen and oxygen atoms in total. The van der Waals surface area contributed by atoms with E-state index in [9.17, 15) is 13.2 Å². The van der Waals surface area contributed by atoms with Crippen molar-refractivity contribution in [2.45, 2.75) is 17.6 Å². The second-order valence-electron chi connectivity index (χ2n) is 5.66. The second-order valence-corrected chi connectivity index (χ2v) is 8.56. The number of sulfonamides is 1. The maximum absolute atomic E-state index is 12.8. The molecule has 0 bridgehead atoms. The maximum atomic E-state index is 12.8. The Hall–Kier alpha value is -2.32. The van der Waals surface area contributed by atoms with Crippen LogP contribution in [-0.4, -0.2) is 26.6 Å². The number of carboxylic acids is 1. The van der Waals surface area contributed by atoms with E-state index in [0.717, 1.165) is 21.4 Å². The first-order valence-electron chi connectivity index (χ1n) is 7.53. The maximum Gasteiger partial charge on any atom is 0.310 e. The molecule has 0 spiro atoms. The number of carbonyl (C=O) groups is 1. The van der Waals surface area contributed by atoms with E-state index in [-0.39, 0.29) is 9.91 Å². The van der Waals surface area contributed by atoms with Crippen molar-refractivity contribution in [2.75, 3.05) is 7.11 Å².